The third-order valence-corrected chi connectivity index (χ3v) is 3.39. The predicted molar refractivity (Wildman–Crippen MR) is 68.6 cm³/mol. The van der Waals surface area contributed by atoms with E-state index in [1.165, 1.54) is 9.26 Å². The van der Waals surface area contributed by atoms with E-state index in [0.717, 1.165) is 12.2 Å². The smallest absolute Gasteiger partial charge is 0.0795 e. The van der Waals surface area contributed by atoms with E-state index in [1.807, 2.05) is 17.6 Å². The zero-order valence-corrected chi connectivity index (χ0v) is 10.4. The largest absolute Gasteiger partial charge is 0.379 e. The Morgan fingerprint density at radius 2 is 2.21 bits per heavy atom. The van der Waals surface area contributed by atoms with Crippen LogP contribution < -0.4 is 5.32 Å². The maximum atomic E-state index is 4.21. The molecule has 1 aromatic heterocycles. The van der Waals surface area contributed by atoms with Gasteiger partial charge >= 0.3 is 0 Å². The number of rotatable bonds is 3. The Hall–Kier alpha value is -0.620. The molecule has 0 fully saturated rings. The first kappa shape index (κ1) is 9.92. The maximum Gasteiger partial charge on any atom is 0.0795 e. The minimum atomic E-state index is 0.795. The van der Waals surface area contributed by atoms with Crippen molar-refractivity contribution in [3.8, 4) is 0 Å². The van der Waals surface area contributed by atoms with E-state index in [1.54, 1.807) is 11.3 Å². The minimum Gasteiger partial charge on any atom is -0.379 e. The Morgan fingerprint density at radius 1 is 1.36 bits per heavy atom. The number of halogens is 1. The third-order valence-electron chi connectivity index (χ3n) is 1.82. The van der Waals surface area contributed by atoms with Crippen molar-refractivity contribution < 1.29 is 0 Å². The summed E-state index contributed by atoms with van der Waals surface area (Å²) in [5.41, 5.74) is 4.11. The lowest BCUT2D eigenvalue weighted by Gasteiger charge is -2.05. The first-order valence-corrected chi connectivity index (χ1v) is 6.24. The Morgan fingerprint density at radius 3 is 2.93 bits per heavy atom. The van der Waals surface area contributed by atoms with Gasteiger partial charge in [0.15, 0.2) is 0 Å². The fourth-order valence-electron chi connectivity index (χ4n) is 1.12. The molecule has 0 aliphatic heterocycles. The second-order valence-corrected chi connectivity index (χ2v) is 4.69. The number of thiazole rings is 1. The lowest BCUT2D eigenvalue weighted by atomic mass is 10.3. The lowest BCUT2D eigenvalue weighted by Crippen LogP contribution is -2.00. The number of aromatic nitrogens is 1. The molecule has 1 heterocycles. The monoisotopic (exact) mass is 316 g/mol. The summed E-state index contributed by atoms with van der Waals surface area (Å²) in [6.07, 6.45) is 0. The summed E-state index contributed by atoms with van der Waals surface area (Å²) in [7, 11) is 0. The number of nitrogens with zero attached hydrogens (tertiary/aromatic N) is 1. The minimum absolute atomic E-state index is 0.795. The van der Waals surface area contributed by atoms with Crippen molar-refractivity contribution in [2.45, 2.75) is 6.54 Å². The van der Waals surface area contributed by atoms with Gasteiger partial charge in [-0.3, -0.25) is 0 Å². The van der Waals surface area contributed by atoms with Crippen molar-refractivity contribution in [3.05, 3.63) is 44.4 Å². The van der Waals surface area contributed by atoms with Gasteiger partial charge in [0.25, 0.3) is 0 Å². The zero-order chi connectivity index (χ0) is 9.80. The summed E-state index contributed by atoms with van der Waals surface area (Å²) in [6.45, 7) is 0.795. The molecule has 4 heteroatoms. The van der Waals surface area contributed by atoms with Crippen molar-refractivity contribution >= 4 is 39.6 Å². The quantitative estimate of drug-likeness (QED) is 0.879. The van der Waals surface area contributed by atoms with E-state index in [2.05, 4.69) is 50.4 Å². The topological polar surface area (TPSA) is 24.9 Å². The molecule has 14 heavy (non-hydrogen) atoms. The molecule has 0 saturated heterocycles. The molecule has 2 aromatic rings. The van der Waals surface area contributed by atoms with E-state index in [0.29, 0.717) is 0 Å². The van der Waals surface area contributed by atoms with E-state index >= 15 is 0 Å². The van der Waals surface area contributed by atoms with Crippen LogP contribution in [0.4, 0.5) is 5.69 Å². The predicted octanol–water partition coefficient (Wildman–Crippen LogP) is 3.36. The van der Waals surface area contributed by atoms with Gasteiger partial charge in [-0.25, -0.2) is 4.98 Å². The molecule has 0 unspecified atom stereocenters. The highest BCUT2D eigenvalue weighted by Crippen LogP contribution is 2.17. The fourth-order valence-corrected chi connectivity index (χ4v) is 2.25. The molecular formula is C10H9IN2S. The molecule has 2 nitrogen and oxygen atoms in total. The van der Waals surface area contributed by atoms with Crippen LogP contribution in [0, 0.1) is 3.57 Å². The van der Waals surface area contributed by atoms with Crippen LogP contribution in [-0.2, 0) is 6.54 Å². The molecule has 1 aromatic carbocycles. The average molecular weight is 316 g/mol. The Balaban J connectivity index is 2.02. The zero-order valence-electron chi connectivity index (χ0n) is 7.40. The molecule has 0 spiro atoms. The molecule has 1 N–H and O–H groups in total. The Bertz CT molecular complexity index is 400. The van der Waals surface area contributed by atoms with E-state index in [9.17, 15) is 0 Å². The number of hydrogen-bond acceptors (Lipinski definition) is 3. The number of benzene rings is 1. The maximum absolute atomic E-state index is 4.21. The van der Waals surface area contributed by atoms with Crippen molar-refractivity contribution in [2.24, 2.45) is 0 Å². The van der Waals surface area contributed by atoms with Gasteiger partial charge in [-0.05, 0) is 34.7 Å². The van der Waals surface area contributed by atoms with Crippen molar-refractivity contribution in [1.29, 1.82) is 0 Å². The van der Waals surface area contributed by atoms with E-state index < -0.39 is 0 Å². The summed E-state index contributed by atoms with van der Waals surface area (Å²) in [5.74, 6) is 0. The van der Waals surface area contributed by atoms with Crippen LogP contribution in [-0.4, -0.2) is 4.98 Å². The second kappa shape index (κ2) is 4.75. The second-order valence-electron chi connectivity index (χ2n) is 2.81. The standard InChI is InChI=1S/C10H9IN2S/c11-9-3-1-2-4-10(9)12-5-8-6-14-7-13-8/h1-4,6-7,12H,5H2. The molecular weight excluding hydrogens is 307 g/mol. The summed E-state index contributed by atoms with van der Waals surface area (Å²) in [4.78, 5) is 4.21. The third kappa shape index (κ3) is 2.45. The molecule has 0 radical (unpaired) electrons. The number of hydrogen-bond donors (Lipinski definition) is 1. The normalized spacial score (nSPS) is 10.1. The van der Waals surface area contributed by atoms with Gasteiger partial charge in [0.05, 0.1) is 17.7 Å². The highest BCUT2D eigenvalue weighted by atomic mass is 127. The number of anilines is 1. The first-order chi connectivity index (χ1) is 6.86. The van der Waals surface area contributed by atoms with Crippen LogP contribution in [0.3, 0.4) is 0 Å². The molecule has 72 valence electrons. The molecule has 2 rings (SSSR count). The van der Waals surface area contributed by atoms with Crippen LogP contribution in [0.2, 0.25) is 0 Å². The van der Waals surface area contributed by atoms with Crippen LogP contribution in [0.25, 0.3) is 0 Å². The number of nitrogens with one attached hydrogen (secondary N) is 1. The Kier molecular flexibility index (Phi) is 3.36. The summed E-state index contributed by atoms with van der Waals surface area (Å²) in [5, 5.41) is 5.41. The lowest BCUT2D eigenvalue weighted by molar-refractivity contribution is 1.07. The number of para-hydroxylation sites is 1. The van der Waals surface area contributed by atoms with Crippen LogP contribution in [0.15, 0.2) is 35.2 Å². The van der Waals surface area contributed by atoms with Gasteiger partial charge in [-0.2, -0.15) is 0 Å². The first-order valence-electron chi connectivity index (χ1n) is 4.22. The molecule has 0 aliphatic rings. The van der Waals surface area contributed by atoms with Gasteiger partial charge in [0.1, 0.15) is 0 Å². The van der Waals surface area contributed by atoms with Crippen molar-refractivity contribution in [3.63, 3.8) is 0 Å². The van der Waals surface area contributed by atoms with Gasteiger partial charge in [0, 0.05) is 14.6 Å². The molecule has 0 aliphatic carbocycles. The summed E-state index contributed by atoms with van der Waals surface area (Å²) >= 11 is 3.95. The SMILES string of the molecule is Ic1ccccc1NCc1cscn1. The molecule has 0 amide bonds. The fraction of sp³-hybridized carbons (Fsp3) is 0.100. The van der Waals surface area contributed by atoms with E-state index in [-0.39, 0.29) is 0 Å². The van der Waals surface area contributed by atoms with Gasteiger partial charge in [0.2, 0.25) is 0 Å². The summed E-state index contributed by atoms with van der Waals surface area (Å²) in [6, 6.07) is 8.24. The van der Waals surface area contributed by atoms with Crippen LogP contribution in [0.5, 0.6) is 0 Å². The van der Waals surface area contributed by atoms with Gasteiger partial charge < -0.3 is 5.32 Å². The Labute approximate surface area is 101 Å². The van der Waals surface area contributed by atoms with E-state index in [4.69, 9.17) is 0 Å². The van der Waals surface area contributed by atoms with Gasteiger partial charge in [-0.15, -0.1) is 11.3 Å². The van der Waals surface area contributed by atoms with Crippen LogP contribution >= 0.6 is 33.9 Å². The van der Waals surface area contributed by atoms with Crippen LogP contribution in [0.1, 0.15) is 5.69 Å². The highest BCUT2D eigenvalue weighted by molar-refractivity contribution is 14.1. The van der Waals surface area contributed by atoms with Crippen molar-refractivity contribution in [2.75, 3.05) is 5.32 Å². The highest BCUT2D eigenvalue weighted by Gasteiger charge is 1.98. The molecule has 0 atom stereocenters. The molecule has 0 bridgehead atoms. The summed E-state index contributed by atoms with van der Waals surface area (Å²) < 4.78 is 1.24. The van der Waals surface area contributed by atoms with Crippen molar-refractivity contribution in [1.82, 2.24) is 4.98 Å². The van der Waals surface area contributed by atoms with Gasteiger partial charge in [-0.1, -0.05) is 12.1 Å². The molecule has 0 saturated carbocycles. The average Bonchev–Trinajstić information content (AvgIpc) is 2.69.